The van der Waals surface area contributed by atoms with Crippen molar-refractivity contribution in [3.8, 4) is 0 Å². The lowest BCUT2D eigenvalue weighted by Crippen LogP contribution is -2.32. The summed E-state index contributed by atoms with van der Waals surface area (Å²) in [4.78, 5) is 0. The van der Waals surface area contributed by atoms with E-state index in [4.69, 9.17) is 17.3 Å². The van der Waals surface area contributed by atoms with E-state index >= 15 is 0 Å². The summed E-state index contributed by atoms with van der Waals surface area (Å²) in [6.07, 6.45) is 0. The summed E-state index contributed by atoms with van der Waals surface area (Å²) >= 11 is 9.32. The molecule has 14 heavy (non-hydrogen) atoms. The van der Waals surface area contributed by atoms with Gasteiger partial charge < -0.3 is 11.1 Å². The monoisotopic (exact) mass is 276 g/mol. The van der Waals surface area contributed by atoms with Crippen LogP contribution in [0, 0.1) is 0 Å². The molecule has 0 amide bonds. The van der Waals surface area contributed by atoms with Gasteiger partial charge in [0.1, 0.15) is 0 Å². The lowest BCUT2D eigenvalue weighted by molar-refractivity contribution is 0.556. The summed E-state index contributed by atoms with van der Waals surface area (Å²) in [5.41, 5.74) is 6.66. The lowest BCUT2D eigenvalue weighted by Gasteiger charge is -2.11. The van der Waals surface area contributed by atoms with Crippen molar-refractivity contribution in [3.63, 3.8) is 0 Å². The van der Waals surface area contributed by atoms with Gasteiger partial charge in [0, 0.05) is 28.6 Å². The summed E-state index contributed by atoms with van der Waals surface area (Å²) in [7, 11) is 0. The van der Waals surface area contributed by atoms with Crippen molar-refractivity contribution in [2.45, 2.75) is 19.5 Å². The smallest absolute Gasteiger partial charge is 0.0420 e. The maximum absolute atomic E-state index is 5.92. The van der Waals surface area contributed by atoms with Gasteiger partial charge in [-0.2, -0.15) is 0 Å². The molecule has 1 atom stereocenters. The van der Waals surface area contributed by atoms with Crippen LogP contribution in [0.3, 0.4) is 0 Å². The molecular weight excluding hydrogens is 263 g/mol. The average molecular weight is 278 g/mol. The second kappa shape index (κ2) is 5.71. The van der Waals surface area contributed by atoms with Crippen LogP contribution in [-0.2, 0) is 6.54 Å². The Labute approximate surface area is 98.0 Å². The molecule has 0 heterocycles. The molecule has 78 valence electrons. The highest BCUT2D eigenvalue weighted by molar-refractivity contribution is 9.10. The molecule has 0 aliphatic carbocycles. The summed E-state index contributed by atoms with van der Waals surface area (Å²) in [5, 5.41) is 4.05. The Morgan fingerprint density at radius 2 is 2.21 bits per heavy atom. The summed E-state index contributed by atoms with van der Waals surface area (Å²) in [5.74, 6) is 0. The van der Waals surface area contributed by atoms with Gasteiger partial charge in [-0.1, -0.05) is 27.5 Å². The van der Waals surface area contributed by atoms with Crippen LogP contribution in [0.4, 0.5) is 0 Å². The van der Waals surface area contributed by atoms with E-state index in [9.17, 15) is 0 Å². The molecule has 0 aliphatic rings. The Balaban J connectivity index is 2.58. The normalized spacial score (nSPS) is 12.9. The zero-order chi connectivity index (χ0) is 10.6. The largest absolute Gasteiger partial charge is 0.329 e. The number of nitrogens with one attached hydrogen (secondary N) is 1. The second-order valence-corrected chi connectivity index (χ2v) is 4.65. The van der Waals surface area contributed by atoms with Crippen LogP contribution in [0.1, 0.15) is 12.5 Å². The van der Waals surface area contributed by atoms with E-state index in [1.807, 2.05) is 18.2 Å². The number of halogens is 2. The van der Waals surface area contributed by atoms with Gasteiger partial charge in [0.25, 0.3) is 0 Å². The zero-order valence-corrected chi connectivity index (χ0v) is 10.4. The molecule has 0 fully saturated rings. The molecular formula is C10H14BrClN2. The molecule has 0 aliphatic heterocycles. The van der Waals surface area contributed by atoms with E-state index in [0.29, 0.717) is 12.6 Å². The standard InChI is InChI=1S/C10H14BrClN2/c1-7(5-13)14-6-8-2-9(11)4-10(12)3-8/h2-4,7,14H,5-6,13H2,1H3/t7-/m1/s1. The first kappa shape index (κ1) is 12.0. The van der Waals surface area contributed by atoms with Gasteiger partial charge in [-0.05, 0) is 30.7 Å². The van der Waals surface area contributed by atoms with E-state index in [1.165, 1.54) is 0 Å². The minimum atomic E-state index is 0.327. The van der Waals surface area contributed by atoms with Gasteiger partial charge in [0.15, 0.2) is 0 Å². The number of hydrogen-bond acceptors (Lipinski definition) is 2. The van der Waals surface area contributed by atoms with Crippen LogP contribution >= 0.6 is 27.5 Å². The number of hydrogen-bond donors (Lipinski definition) is 2. The molecule has 0 aromatic heterocycles. The molecule has 0 spiro atoms. The summed E-state index contributed by atoms with van der Waals surface area (Å²) in [6.45, 7) is 3.48. The van der Waals surface area contributed by atoms with E-state index in [2.05, 4.69) is 28.2 Å². The number of rotatable bonds is 4. The molecule has 0 saturated heterocycles. The summed E-state index contributed by atoms with van der Waals surface area (Å²) in [6, 6.07) is 6.19. The van der Waals surface area contributed by atoms with E-state index in [-0.39, 0.29) is 0 Å². The fraction of sp³-hybridized carbons (Fsp3) is 0.400. The third-order valence-corrected chi connectivity index (χ3v) is 2.61. The fourth-order valence-electron chi connectivity index (χ4n) is 1.09. The minimum Gasteiger partial charge on any atom is -0.329 e. The third-order valence-electron chi connectivity index (χ3n) is 1.93. The number of benzene rings is 1. The fourth-order valence-corrected chi connectivity index (χ4v) is 2.02. The maximum atomic E-state index is 5.92. The van der Waals surface area contributed by atoms with Gasteiger partial charge in [-0.3, -0.25) is 0 Å². The first-order chi connectivity index (χ1) is 6.61. The molecule has 4 heteroatoms. The Kier molecular flexibility index (Phi) is 4.89. The van der Waals surface area contributed by atoms with E-state index < -0.39 is 0 Å². The van der Waals surface area contributed by atoms with Crippen molar-refractivity contribution < 1.29 is 0 Å². The van der Waals surface area contributed by atoms with Crippen molar-refractivity contribution in [2.75, 3.05) is 6.54 Å². The van der Waals surface area contributed by atoms with Crippen LogP contribution in [0.15, 0.2) is 22.7 Å². The van der Waals surface area contributed by atoms with Gasteiger partial charge >= 0.3 is 0 Å². The average Bonchev–Trinajstić information content (AvgIpc) is 2.12. The molecule has 0 unspecified atom stereocenters. The van der Waals surface area contributed by atoms with Crippen molar-refractivity contribution in [1.29, 1.82) is 0 Å². The van der Waals surface area contributed by atoms with Crippen LogP contribution in [0.5, 0.6) is 0 Å². The molecule has 0 radical (unpaired) electrons. The number of nitrogens with two attached hydrogens (primary N) is 1. The first-order valence-corrected chi connectivity index (χ1v) is 5.67. The highest BCUT2D eigenvalue weighted by Gasteiger charge is 2.00. The molecule has 3 N–H and O–H groups in total. The molecule has 0 bridgehead atoms. The quantitative estimate of drug-likeness (QED) is 0.887. The van der Waals surface area contributed by atoms with Crippen molar-refractivity contribution in [2.24, 2.45) is 5.73 Å². The van der Waals surface area contributed by atoms with E-state index in [1.54, 1.807) is 0 Å². The van der Waals surface area contributed by atoms with E-state index in [0.717, 1.165) is 21.6 Å². The van der Waals surface area contributed by atoms with Crippen molar-refractivity contribution in [3.05, 3.63) is 33.3 Å². The summed E-state index contributed by atoms with van der Waals surface area (Å²) < 4.78 is 1.00. The maximum Gasteiger partial charge on any atom is 0.0420 e. The van der Waals surface area contributed by atoms with Crippen LogP contribution in [0.2, 0.25) is 5.02 Å². The van der Waals surface area contributed by atoms with Crippen LogP contribution < -0.4 is 11.1 Å². The zero-order valence-electron chi connectivity index (χ0n) is 8.06. The van der Waals surface area contributed by atoms with Gasteiger partial charge in [-0.25, -0.2) is 0 Å². The molecule has 1 aromatic rings. The van der Waals surface area contributed by atoms with Crippen molar-refractivity contribution in [1.82, 2.24) is 5.32 Å². The minimum absolute atomic E-state index is 0.327. The first-order valence-electron chi connectivity index (χ1n) is 4.50. The van der Waals surface area contributed by atoms with Crippen LogP contribution in [0.25, 0.3) is 0 Å². The molecule has 0 saturated carbocycles. The van der Waals surface area contributed by atoms with Crippen molar-refractivity contribution >= 4 is 27.5 Å². The molecule has 1 aromatic carbocycles. The SMILES string of the molecule is C[C@H](CN)NCc1cc(Cl)cc(Br)c1. The van der Waals surface area contributed by atoms with Crippen LogP contribution in [-0.4, -0.2) is 12.6 Å². The predicted molar refractivity (Wildman–Crippen MR) is 64.5 cm³/mol. The highest BCUT2D eigenvalue weighted by Crippen LogP contribution is 2.19. The van der Waals surface area contributed by atoms with Gasteiger partial charge in [-0.15, -0.1) is 0 Å². The van der Waals surface area contributed by atoms with Gasteiger partial charge in [0.05, 0.1) is 0 Å². The topological polar surface area (TPSA) is 38.0 Å². The Morgan fingerprint density at radius 1 is 1.50 bits per heavy atom. The second-order valence-electron chi connectivity index (χ2n) is 3.30. The van der Waals surface area contributed by atoms with Gasteiger partial charge in [0.2, 0.25) is 0 Å². The Bertz CT molecular complexity index is 284. The highest BCUT2D eigenvalue weighted by atomic mass is 79.9. The Morgan fingerprint density at radius 3 is 2.79 bits per heavy atom. The third kappa shape index (κ3) is 3.96. The molecule has 1 rings (SSSR count). The lowest BCUT2D eigenvalue weighted by atomic mass is 10.2. The molecule has 2 nitrogen and oxygen atoms in total. The Hall–Kier alpha value is -0.0900. The predicted octanol–water partition coefficient (Wildman–Crippen LogP) is 2.54.